The van der Waals surface area contributed by atoms with Gasteiger partial charge < -0.3 is 10.5 Å². The lowest BCUT2D eigenvalue weighted by Gasteiger charge is -2.03. The predicted molar refractivity (Wildman–Crippen MR) is 62.4 cm³/mol. The van der Waals surface area contributed by atoms with Gasteiger partial charge in [0.25, 0.3) is 0 Å². The van der Waals surface area contributed by atoms with Crippen LogP contribution in [0.2, 0.25) is 0 Å². The lowest BCUT2D eigenvalue weighted by atomic mass is 10.1. The van der Waals surface area contributed by atoms with Crippen molar-refractivity contribution in [1.29, 1.82) is 0 Å². The van der Waals surface area contributed by atoms with E-state index in [-0.39, 0.29) is 0 Å². The van der Waals surface area contributed by atoms with Gasteiger partial charge in [0.15, 0.2) is 0 Å². The van der Waals surface area contributed by atoms with Crippen LogP contribution >= 0.6 is 11.8 Å². The summed E-state index contributed by atoms with van der Waals surface area (Å²) in [5.41, 5.74) is 8.11. The minimum absolute atomic E-state index is 0.622. The van der Waals surface area contributed by atoms with E-state index >= 15 is 0 Å². The zero-order valence-corrected chi connectivity index (χ0v) is 9.35. The van der Waals surface area contributed by atoms with E-state index in [1.54, 1.807) is 7.11 Å². The lowest BCUT2D eigenvalue weighted by Crippen LogP contribution is -1.97. The molecule has 0 spiro atoms. The van der Waals surface area contributed by atoms with E-state index in [0.717, 1.165) is 18.1 Å². The van der Waals surface area contributed by atoms with Gasteiger partial charge in [-0.25, -0.2) is 0 Å². The number of rotatable bonds is 6. The van der Waals surface area contributed by atoms with Gasteiger partial charge in [0.1, 0.15) is 0 Å². The summed E-state index contributed by atoms with van der Waals surface area (Å²) in [4.78, 5) is 0. The Hall–Kier alpha value is -0.510. The summed E-state index contributed by atoms with van der Waals surface area (Å²) in [6, 6.07) is 8.43. The van der Waals surface area contributed by atoms with E-state index in [4.69, 9.17) is 10.5 Å². The fourth-order valence-electron chi connectivity index (χ4n) is 1.18. The summed E-state index contributed by atoms with van der Waals surface area (Å²) < 4.78 is 4.98. The molecular weight excluding hydrogens is 194 g/mol. The predicted octanol–water partition coefficient (Wildman–Crippen LogP) is 2.02. The van der Waals surface area contributed by atoms with Crippen molar-refractivity contribution in [2.45, 2.75) is 12.3 Å². The van der Waals surface area contributed by atoms with E-state index in [0.29, 0.717) is 6.54 Å². The molecule has 1 aromatic rings. The van der Waals surface area contributed by atoms with Crippen molar-refractivity contribution in [3.05, 3.63) is 35.4 Å². The van der Waals surface area contributed by atoms with Gasteiger partial charge in [-0.15, -0.1) is 0 Å². The topological polar surface area (TPSA) is 35.2 Å². The molecule has 3 heteroatoms. The average molecular weight is 211 g/mol. The van der Waals surface area contributed by atoms with E-state index in [2.05, 4.69) is 24.3 Å². The molecule has 0 amide bonds. The Morgan fingerprint density at radius 1 is 1.36 bits per heavy atom. The monoisotopic (exact) mass is 211 g/mol. The van der Waals surface area contributed by atoms with Crippen molar-refractivity contribution in [1.82, 2.24) is 0 Å². The maximum atomic E-state index is 5.57. The Labute approximate surface area is 89.8 Å². The molecule has 0 atom stereocenters. The zero-order chi connectivity index (χ0) is 10.2. The van der Waals surface area contributed by atoms with Crippen LogP contribution in [0.4, 0.5) is 0 Å². The first-order valence-corrected chi connectivity index (χ1v) is 5.87. The summed E-state index contributed by atoms with van der Waals surface area (Å²) >= 11 is 1.88. The molecular formula is C11H17NOS. The number of hydrogen-bond donors (Lipinski definition) is 1. The zero-order valence-electron chi connectivity index (χ0n) is 8.53. The van der Waals surface area contributed by atoms with Crippen LogP contribution in [0, 0.1) is 0 Å². The Kier molecular flexibility index (Phi) is 5.68. The first kappa shape index (κ1) is 11.6. The maximum absolute atomic E-state index is 5.57. The van der Waals surface area contributed by atoms with Crippen molar-refractivity contribution < 1.29 is 4.74 Å². The van der Waals surface area contributed by atoms with Gasteiger partial charge in [0.05, 0.1) is 6.61 Å². The van der Waals surface area contributed by atoms with E-state index in [1.807, 2.05) is 11.8 Å². The van der Waals surface area contributed by atoms with Crippen molar-refractivity contribution in [2.24, 2.45) is 5.73 Å². The van der Waals surface area contributed by atoms with Crippen molar-refractivity contribution in [3.8, 4) is 0 Å². The number of methoxy groups -OCH3 is 1. The van der Waals surface area contributed by atoms with Crippen LogP contribution in [-0.2, 0) is 17.0 Å². The van der Waals surface area contributed by atoms with Crippen LogP contribution in [0.5, 0.6) is 0 Å². The number of benzene rings is 1. The molecule has 1 rings (SSSR count). The van der Waals surface area contributed by atoms with Gasteiger partial charge in [-0.2, -0.15) is 11.8 Å². The van der Waals surface area contributed by atoms with Gasteiger partial charge in [0, 0.05) is 25.2 Å². The third kappa shape index (κ3) is 4.13. The third-order valence-corrected chi connectivity index (χ3v) is 2.92. The molecule has 0 heterocycles. The van der Waals surface area contributed by atoms with Crippen LogP contribution in [0.15, 0.2) is 24.3 Å². The number of thioether (sulfide) groups is 1. The van der Waals surface area contributed by atoms with Gasteiger partial charge in [0.2, 0.25) is 0 Å². The number of ether oxygens (including phenoxy) is 1. The van der Waals surface area contributed by atoms with Gasteiger partial charge in [-0.05, 0) is 11.1 Å². The smallest absolute Gasteiger partial charge is 0.0553 e. The molecule has 0 aliphatic carbocycles. The van der Waals surface area contributed by atoms with Crippen molar-refractivity contribution >= 4 is 11.8 Å². The molecule has 0 radical (unpaired) electrons. The average Bonchev–Trinajstić information content (AvgIpc) is 2.25. The largest absolute Gasteiger partial charge is 0.384 e. The Morgan fingerprint density at radius 3 is 2.86 bits per heavy atom. The van der Waals surface area contributed by atoms with Gasteiger partial charge in [-0.3, -0.25) is 0 Å². The molecule has 0 aromatic heterocycles. The molecule has 0 unspecified atom stereocenters. The van der Waals surface area contributed by atoms with E-state index in [1.165, 1.54) is 11.1 Å². The van der Waals surface area contributed by atoms with Crippen LogP contribution in [0.3, 0.4) is 0 Å². The molecule has 2 nitrogen and oxygen atoms in total. The van der Waals surface area contributed by atoms with Crippen LogP contribution in [-0.4, -0.2) is 19.5 Å². The minimum Gasteiger partial charge on any atom is -0.384 e. The fourth-order valence-corrected chi connectivity index (χ4v) is 2.02. The summed E-state index contributed by atoms with van der Waals surface area (Å²) in [5.74, 6) is 2.08. The van der Waals surface area contributed by atoms with Crippen LogP contribution < -0.4 is 5.73 Å². The quantitative estimate of drug-likeness (QED) is 0.731. The molecule has 0 fully saturated rings. The third-order valence-electron chi connectivity index (χ3n) is 1.93. The highest BCUT2D eigenvalue weighted by Crippen LogP contribution is 2.13. The molecule has 78 valence electrons. The second-order valence-corrected chi connectivity index (χ2v) is 4.17. The molecule has 0 bridgehead atoms. The van der Waals surface area contributed by atoms with E-state index in [9.17, 15) is 0 Å². The summed E-state index contributed by atoms with van der Waals surface area (Å²) in [6.07, 6.45) is 0. The highest BCUT2D eigenvalue weighted by atomic mass is 32.2. The fraction of sp³-hybridized carbons (Fsp3) is 0.455. The Morgan fingerprint density at radius 2 is 2.14 bits per heavy atom. The highest BCUT2D eigenvalue weighted by Gasteiger charge is 1.95. The molecule has 2 N–H and O–H groups in total. The number of hydrogen-bond acceptors (Lipinski definition) is 3. The number of nitrogens with two attached hydrogens (primary N) is 1. The standard InChI is InChI=1S/C11H17NOS/c1-13-5-6-14-9-11-4-2-3-10(7-11)8-12/h2-4,7H,5-6,8-9,12H2,1H3. The second-order valence-electron chi connectivity index (χ2n) is 3.07. The lowest BCUT2D eigenvalue weighted by molar-refractivity contribution is 0.218. The van der Waals surface area contributed by atoms with Crippen molar-refractivity contribution in [2.75, 3.05) is 19.5 Å². The minimum atomic E-state index is 0.622. The summed E-state index contributed by atoms with van der Waals surface area (Å²) in [6.45, 7) is 1.44. The SMILES string of the molecule is COCCSCc1cccc(CN)c1. The first-order chi connectivity index (χ1) is 6.86. The summed E-state index contributed by atoms with van der Waals surface area (Å²) in [7, 11) is 1.73. The molecule has 0 saturated carbocycles. The Balaban J connectivity index is 2.34. The molecule has 1 aromatic carbocycles. The van der Waals surface area contributed by atoms with E-state index < -0.39 is 0 Å². The molecule has 0 saturated heterocycles. The van der Waals surface area contributed by atoms with Crippen LogP contribution in [0.25, 0.3) is 0 Å². The molecule has 0 aliphatic heterocycles. The normalized spacial score (nSPS) is 10.4. The summed E-state index contributed by atoms with van der Waals surface area (Å²) in [5, 5.41) is 0. The molecule has 14 heavy (non-hydrogen) atoms. The highest BCUT2D eigenvalue weighted by molar-refractivity contribution is 7.98. The molecule has 0 aliphatic rings. The van der Waals surface area contributed by atoms with Gasteiger partial charge >= 0.3 is 0 Å². The van der Waals surface area contributed by atoms with Crippen molar-refractivity contribution in [3.63, 3.8) is 0 Å². The van der Waals surface area contributed by atoms with Crippen LogP contribution in [0.1, 0.15) is 11.1 Å². The second kappa shape index (κ2) is 6.87. The maximum Gasteiger partial charge on any atom is 0.0553 e. The first-order valence-electron chi connectivity index (χ1n) is 4.71. The van der Waals surface area contributed by atoms with Gasteiger partial charge in [-0.1, -0.05) is 24.3 Å². The Bertz CT molecular complexity index is 265.